The summed E-state index contributed by atoms with van der Waals surface area (Å²) >= 11 is 0. The number of allylic oxidation sites excluding steroid dienone is 1. The second kappa shape index (κ2) is 8.78. The molecule has 3 aromatic rings. The average Bonchev–Trinajstić information content (AvgIpc) is 2.98. The average molecular weight is 457 g/mol. The van der Waals surface area contributed by atoms with Gasteiger partial charge in [-0.25, -0.2) is 4.39 Å². The lowest BCUT2D eigenvalue weighted by Crippen LogP contribution is -2.38. The molecule has 5 nitrogen and oxygen atoms in total. The van der Waals surface area contributed by atoms with Gasteiger partial charge in [0.2, 0.25) is 0 Å². The summed E-state index contributed by atoms with van der Waals surface area (Å²) in [5, 5.41) is 3.47. The molecule has 1 heterocycles. The summed E-state index contributed by atoms with van der Waals surface area (Å²) in [6.45, 7) is 2.06. The summed E-state index contributed by atoms with van der Waals surface area (Å²) in [4.78, 5) is 29.1. The van der Waals surface area contributed by atoms with E-state index in [9.17, 15) is 14.0 Å². The fraction of sp³-hybridized carbons (Fsp3) is 0.214. The molecule has 5 rings (SSSR count). The molecule has 0 radical (unpaired) electrons. The van der Waals surface area contributed by atoms with Crippen LogP contribution in [0.3, 0.4) is 0 Å². The zero-order valence-electron chi connectivity index (χ0n) is 19.0. The van der Waals surface area contributed by atoms with Crippen LogP contribution < -0.4 is 15.0 Å². The first kappa shape index (κ1) is 21.9. The Labute approximate surface area is 197 Å². The number of nitrogens with zero attached hydrogens (tertiary/aromatic N) is 1. The molecule has 0 saturated carbocycles. The van der Waals surface area contributed by atoms with Gasteiger partial charge in [0.1, 0.15) is 11.6 Å². The molecule has 3 aromatic carbocycles. The standard InChI is InChI=1S/C28H25FN2O3/c1-17-15-23-26(25(32)16-17)27(18-9-13-21(34-2)14-10-18)31(24-6-4-3-5-22(24)30-23)28(33)19-7-11-20(29)12-8-19/h3-14,17,27,30H,15-16H2,1-2H3/t17-,27-/m0/s1. The van der Waals surface area contributed by atoms with Gasteiger partial charge >= 0.3 is 0 Å². The van der Waals surface area contributed by atoms with Gasteiger partial charge < -0.3 is 10.1 Å². The number of amides is 1. The first-order chi connectivity index (χ1) is 16.5. The first-order valence-corrected chi connectivity index (χ1v) is 11.3. The second-order valence-electron chi connectivity index (χ2n) is 8.83. The molecule has 2 aliphatic rings. The molecule has 34 heavy (non-hydrogen) atoms. The molecule has 0 bridgehead atoms. The molecule has 0 spiro atoms. The van der Waals surface area contributed by atoms with Gasteiger partial charge in [0.25, 0.3) is 5.91 Å². The van der Waals surface area contributed by atoms with Gasteiger partial charge in [-0.15, -0.1) is 0 Å². The zero-order valence-corrected chi connectivity index (χ0v) is 19.0. The van der Waals surface area contributed by atoms with E-state index in [2.05, 4.69) is 12.2 Å². The number of anilines is 2. The SMILES string of the molecule is COc1ccc([C@H]2C3=C(C[C@H](C)CC3=O)Nc3ccccc3N2C(=O)c2ccc(F)cc2)cc1. The molecule has 1 N–H and O–H groups in total. The van der Waals surface area contributed by atoms with Crippen molar-refractivity contribution in [2.45, 2.75) is 25.8 Å². The molecule has 172 valence electrons. The van der Waals surface area contributed by atoms with Crippen LogP contribution in [-0.4, -0.2) is 18.8 Å². The van der Waals surface area contributed by atoms with Crippen molar-refractivity contribution in [3.05, 3.63) is 101 Å². The van der Waals surface area contributed by atoms with Gasteiger partial charge in [-0.2, -0.15) is 0 Å². The number of benzene rings is 3. The van der Waals surface area contributed by atoms with Crippen molar-refractivity contribution in [3.63, 3.8) is 0 Å². The Balaban J connectivity index is 1.76. The van der Waals surface area contributed by atoms with E-state index in [1.165, 1.54) is 24.3 Å². The molecule has 1 amide bonds. The molecule has 6 heteroatoms. The number of carbonyl (C=O) groups excluding carboxylic acids is 2. The highest BCUT2D eigenvalue weighted by Gasteiger charge is 2.40. The van der Waals surface area contributed by atoms with Crippen molar-refractivity contribution >= 4 is 23.1 Å². The lowest BCUT2D eigenvalue weighted by atomic mass is 9.81. The Morgan fingerprint density at radius 2 is 1.71 bits per heavy atom. The molecule has 2 atom stereocenters. The van der Waals surface area contributed by atoms with Crippen LogP contribution in [0.15, 0.2) is 84.1 Å². The largest absolute Gasteiger partial charge is 0.497 e. The number of fused-ring (bicyclic) bond motifs is 1. The highest BCUT2D eigenvalue weighted by Crippen LogP contribution is 2.46. The third kappa shape index (κ3) is 3.85. The van der Waals surface area contributed by atoms with Crippen molar-refractivity contribution in [1.29, 1.82) is 0 Å². The Bertz CT molecular complexity index is 1280. The predicted molar refractivity (Wildman–Crippen MR) is 129 cm³/mol. The Morgan fingerprint density at radius 3 is 2.41 bits per heavy atom. The quantitative estimate of drug-likeness (QED) is 0.533. The van der Waals surface area contributed by atoms with Crippen molar-refractivity contribution in [2.24, 2.45) is 5.92 Å². The predicted octanol–water partition coefficient (Wildman–Crippen LogP) is 5.90. The molecular formula is C28H25FN2O3. The van der Waals surface area contributed by atoms with Crippen LogP contribution in [0.4, 0.5) is 15.8 Å². The van der Waals surface area contributed by atoms with E-state index < -0.39 is 11.9 Å². The van der Waals surface area contributed by atoms with Crippen LogP contribution >= 0.6 is 0 Å². The number of hydrogen-bond donors (Lipinski definition) is 1. The van der Waals surface area contributed by atoms with Gasteiger partial charge in [-0.1, -0.05) is 31.2 Å². The van der Waals surface area contributed by atoms with Crippen LogP contribution in [0.25, 0.3) is 0 Å². The number of Topliss-reactive ketones (excluding diaryl/α,β-unsaturated/α-hetero) is 1. The van der Waals surface area contributed by atoms with E-state index in [-0.39, 0.29) is 17.6 Å². The number of hydrogen-bond acceptors (Lipinski definition) is 4. The number of ketones is 1. The minimum Gasteiger partial charge on any atom is -0.497 e. The maximum Gasteiger partial charge on any atom is 0.259 e. The lowest BCUT2D eigenvalue weighted by Gasteiger charge is -2.34. The number of para-hydroxylation sites is 2. The minimum atomic E-state index is -0.644. The van der Waals surface area contributed by atoms with Crippen molar-refractivity contribution < 1.29 is 18.7 Å². The van der Waals surface area contributed by atoms with Crippen LogP contribution in [0, 0.1) is 11.7 Å². The summed E-state index contributed by atoms with van der Waals surface area (Å²) < 4.78 is 18.9. The van der Waals surface area contributed by atoms with Crippen LogP contribution in [0.1, 0.15) is 41.7 Å². The Kier molecular flexibility index (Phi) is 5.65. The maximum absolute atomic E-state index is 14.0. The van der Waals surface area contributed by atoms with E-state index in [0.29, 0.717) is 35.4 Å². The van der Waals surface area contributed by atoms with Crippen molar-refractivity contribution in [3.8, 4) is 5.75 Å². The van der Waals surface area contributed by atoms with Crippen LogP contribution in [0.2, 0.25) is 0 Å². The number of ether oxygens (including phenoxy) is 1. The number of rotatable bonds is 3. The van der Waals surface area contributed by atoms with E-state index in [1.807, 2.05) is 48.5 Å². The number of methoxy groups -OCH3 is 1. The number of nitrogens with one attached hydrogen (secondary N) is 1. The Hall–Kier alpha value is -3.93. The van der Waals surface area contributed by atoms with E-state index in [0.717, 1.165) is 16.9 Å². The third-order valence-corrected chi connectivity index (χ3v) is 6.43. The molecule has 0 aromatic heterocycles. The lowest BCUT2D eigenvalue weighted by molar-refractivity contribution is -0.117. The Morgan fingerprint density at radius 1 is 1.00 bits per heavy atom. The van der Waals surface area contributed by atoms with Gasteiger partial charge in [-0.05, 0) is 66.4 Å². The summed E-state index contributed by atoms with van der Waals surface area (Å²) in [5.74, 6) is 0.177. The monoisotopic (exact) mass is 456 g/mol. The molecule has 0 unspecified atom stereocenters. The van der Waals surface area contributed by atoms with Gasteiger partial charge in [0.05, 0.1) is 24.5 Å². The summed E-state index contributed by atoms with van der Waals surface area (Å²) in [6.07, 6.45) is 1.13. The molecule has 0 fully saturated rings. The fourth-order valence-corrected chi connectivity index (χ4v) is 4.84. The number of halogens is 1. The van der Waals surface area contributed by atoms with Gasteiger partial charge in [0.15, 0.2) is 5.78 Å². The first-order valence-electron chi connectivity index (χ1n) is 11.3. The highest BCUT2D eigenvalue weighted by molar-refractivity contribution is 6.11. The van der Waals surface area contributed by atoms with Gasteiger partial charge in [-0.3, -0.25) is 14.5 Å². The second-order valence-corrected chi connectivity index (χ2v) is 8.83. The minimum absolute atomic E-state index is 0.0202. The summed E-state index contributed by atoms with van der Waals surface area (Å²) in [7, 11) is 1.60. The van der Waals surface area contributed by atoms with Crippen LogP contribution in [-0.2, 0) is 4.79 Å². The normalized spacial score (nSPS) is 19.6. The highest BCUT2D eigenvalue weighted by atomic mass is 19.1. The molecular weight excluding hydrogens is 431 g/mol. The van der Waals surface area contributed by atoms with E-state index >= 15 is 0 Å². The number of carbonyl (C=O) groups is 2. The van der Waals surface area contributed by atoms with E-state index in [1.54, 1.807) is 12.0 Å². The maximum atomic E-state index is 14.0. The zero-order chi connectivity index (χ0) is 23.8. The van der Waals surface area contributed by atoms with Gasteiger partial charge in [0, 0.05) is 23.3 Å². The molecule has 1 aliphatic heterocycles. The fourth-order valence-electron chi connectivity index (χ4n) is 4.84. The molecule has 1 aliphatic carbocycles. The summed E-state index contributed by atoms with van der Waals surface area (Å²) in [6, 6.07) is 19.8. The van der Waals surface area contributed by atoms with E-state index in [4.69, 9.17) is 4.74 Å². The molecule has 0 saturated heterocycles. The topological polar surface area (TPSA) is 58.6 Å². The smallest absolute Gasteiger partial charge is 0.259 e. The van der Waals surface area contributed by atoms with Crippen molar-refractivity contribution in [2.75, 3.05) is 17.3 Å². The third-order valence-electron chi connectivity index (χ3n) is 6.43. The van der Waals surface area contributed by atoms with Crippen LogP contribution in [0.5, 0.6) is 5.75 Å². The summed E-state index contributed by atoms with van der Waals surface area (Å²) in [5.41, 5.74) is 3.98. The van der Waals surface area contributed by atoms with Crippen molar-refractivity contribution in [1.82, 2.24) is 0 Å².